The highest BCUT2D eigenvalue weighted by atomic mass is 19.4. The fraction of sp³-hybridized carbons (Fsp3) is 1.00. The Labute approximate surface area is 261 Å². The molecular weight excluding hydrogens is 711 g/mol. The molecule has 0 aliphatic carbocycles. The molecule has 2 aliphatic rings. The molecule has 2 fully saturated rings. The van der Waals surface area contributed by atoms with Crippen LogP contribution >= 0.6 is 0 Å². The summed E-state index contributed by atoms with van der Waals surface area (Å²) in [6, 6.07) is 0. The van der Waals surface area contributed by atoms with E-state index in [1.165, 1.54) is 0 Å². The number of ether oxygens (including phenoxy) is 3. The Bertz CT molecular complexity index is 1040. The summed E-state index contributed by atoms with van der Waals surface area (Å²) in [5, 5.41) is 80.1. The topological polar surface area (TPSA) is 190 Å². The first-order valence-corrected chi connectivity index (χ1v) is 13.9. The van der Waals surface area contributed by atoms with Gasteiger partial charge in [0.25, 0.3) is 0 Å². The lowest BCUT2D eigenvalue weighted by Gasteiger charge is -2.46. The van der Waals surface area contributed by atoms with Crippen molar-refractivity contribution in [3.05, 3.63) is 0 Å². The molecule has 2 saturated heterocycles. The second-order valence-electron chi connectivity index (χ2n) is 11.3. The first-order valence-electron chi connectivity index (χ1n) is 13.9. The molecule has 24 heteroatoms. The summed E-state index contributed by atoms with van der Waals surface area (Å²) < 4.78 is 187. The van der Waals surface area contributed by atoms with Crippen LogP contribution in [-0.4, -0.2) is 151 Å². The fourth-order valence-electron chi connectivity index (χ4n) is 4.86. The summed E-state index contributed by atoms with van der Waals surface area (Å²) >= 11 is 0. The Morgan fingerprint density at radius 1 is 0.583 bits per heavy atom. The molecule has 0 aromatic rings. The van der Waals surface area contributed by atoms with E-state index >= 15 is 0 Å². The first kappa shape index (κ1) is 42.8. The van der Waals surface area contributed by atoms with Gasteiger partial charge in [-0.15, -0.1) is 0 Å². The van der Waals surface area contributed by atoms with Crippen LogP contribution in [0.15, 0.2) is 0 Å². The third-order valence-electron chi connectivity index (χ3n) is 7.86. The minimum absolute atomic E-state index is 0.295. The number of aliphatic hydroxyl groups is 8. The lowest BCUT2D eigenvalue weighted by molar-refractivity contribution is -0.440. The number of aliphatic hydroxyl groups excluding tert-OH is 8. The third kappa shape index (κ3) is 7.92. The SMILES string of the molecule is OC[C@H]1OC(O[C@H]2[C@H](O)[C@@H](O)C(O)O[C@@H]2C(O)CCCCCCC(F)(F)C(F)(F)C(F)(F)C(F)(F)C(F)(F)C(F)(F)F)[C@H](O)[C@@H](O)[C@H]1O. The second kappa shape index (κ2) is 15.1. The average Bonchev–Trinajstić information content (AvgIpc) is 2.97. The van der Waals surface area contributed by atoms with Crippen molar-refractivity contribution in [2.75, 3.05) is 6.61 Å². The van der Waals surface area contributed by atoms with E-state index in [4.69, 9.17) is 14.2 Å². The maximum absolute atomic E-state index is 14.0. The average molecular weight is 744 g/mol. The van der Waals surface area contributed by atoms with Crippen LogP contribution in [0.5, 0.6) is 0 Å². The number of hydrogen-bond acceptors (Lipinski definition) is 11. The van der Waals surface area contributed by atoms with E-state index in [1.807, 2.05) is 0 Å². The standard InChI is InChI=1S/C24H33F13O11/c25-19(26,20(27,28)21(29,30)22(31,32)23(33,34)24(35,36)37)6-4-2-1-3-5-8(39)15-16(12(42)13(43)17(45)47-15)48-18-14(44)11(41)10(40)9(7-38)46-18/h8-18,38-45H,1-7H2/t8?,9-,10+,11+,12-,13-,14-,15-,16+,17?,18?/m1/s1. The molecular formula is C24H33F13O11. The number of hydrogen-bond donors (Lipinski definition) is 8. The number of halogens is 13. The van der Waals surface area contributed by atoms with E-state index in [-0.39, 0.29) is 12.8 Å². The molecule has 11 atom stereocenters. The van der Waals surface area contributed by atoms with Crippen molar-refractivity contribution >= 4 is 0 Å². The Balaban J connectivity index is 2.02. The number of alkyl halides is 13. The molecule has 0 amide bonds. The van der Waals surface area contributed by atoms with Gasteiger partial charge in [-0.25, -0.2) is 0 Å². The van der Waals surface area contributed by atoms with E-state index in [1.54, 1.807) is 0 Å². The van der Waals surface area contributed by atoms with Crippen molar-refractivity contribution in [1.82, 2.24) is 0 Å². The van der Waals surface area contributed by atoms with Crippen LogP contribution in [0.3, 0.4) is 0 Å². The number of unbranched alkanes of at least 4 members (excludes halogenated alkanes) is 3. The zero-order chi connectivity index (χ0) is 37.4. The molecule has 2 aliphatic heterocycles. The summed E-state index contributed by atoms with van der Waals surface area (Å²) in [7, 11) is 0. The monoisotopic (exact) mass is 744 g/mol. The van der Waals surface area contributed by atoms with Crippen LogP contribution in [0.4, 0.5) is 57.1 Å². The van der Waals surface area contributed by atoms with Gasteiger partial charge >= 0.3 is 35.8 Å². The smallest absolute Gasteiger partial charge is 0.394 e. The van der Waals surface area contributed by atoms with Gasteiger partial charge in [0, 0.05) is 6.42 Å². The molecule has 11 nitrogen and oxygen atoms in total. The van der Waals surface area contributed by atoms with Gasteiger partial charge in [0.1, 0.15) is 48.8 Å². The fourth-order valence-corrected chi connectivity index (χ4v) is 4.86. The van der Waals surface area contributed by atoms with E-state index in [0.717, 1.165) is 0 Å². The molecule has 0 spiro atoms. The predicted molar refractivity (Wildman–Crippen MR) is 126 cm³/mol. The molecule has 0 aromatic heterocycles. The molecule has 0 saturated carbocycles. The minimum atomic E-state index is -8.00. The van der Waals surface area contributed by atoms with Crippen molar-refractivity contribution in [3.8, 4) is 0 Å². The van der Waals surface area contributed by atoms with Crippen LogP contribution in [0.1, 0.15) is 38.5 Å². The summed E-state index contributed by atoms with van der Waals surface area (Å²) in [6.45, 7) is -0.908. The van der Waals surface area contributed by atoms with E-state index in [9.17, 15) is 97.9 Å². The third-order valence-corrected chi connectivity index (χ3v) is 7.86. The molecule has 8 N–H and O–H groups in total. The Kier molecular flexibility index (Phi) is 13.5. The van der Waals surface area contributed by atoms with Gasteiger partial charge in [0.05, 0.1) is 12.7 Å². The predicted octanol–water partition coefficient (Wildman–Crippen LogP) is 1.05. The summed E-state index contributed by atoms with van der Waals surface area (Å²) in [5.41, 5.74) is 0. The van der Waals surface area contributed by atoms with Gasteiger partial charge in [-0.05, 0) is 12.8 Å². The van der Waals surface area contributed by atoms with Crippen molar-refractivity contribution < 1.29 is 112 Å². The molecule has 0 radical (unpaired) electrons. The second-order valence-corrected chi connectivity index (χ2v) is 11.3. The molecule has 3 unspecified atom stereocenters. The largest absolute Gasteiger partial charge is 0.460 e. The first-order chi connectivity index (χ1) is 21.6. The van der Waals surface area contributed by atoms with Crippen molar-refractivity contribution in [2.24, 2.45) is 0 Å². The summed E-state index contributed by atoms with van der Waals surface area (Å²) in [5.74, 6) is -37.3. The Morgan fingerprint density at radius 2 is 1.10 bits per heavy atom. The highest BCUT2D eigenvalue weighted by Crippen LogP contribution is 2.60. The molecule has 2 rings (SSSR count). The van der Waals surface area contributed by atoms with Gasteiger partial charge < -0.3 is 55.1 Å². The van der Waals surface area contributed by atoms with E-state index < -0.39 is 136 Å². The lowest BCUT2D eigenvalue weighted by atomic mass is 9.91. The van der Waals surface area contributed by atoms with Crippen molar-refractivity contribution in [3.63, 3.8) is 0 Å². The zero-order valence-electron chi connectivity index (χ0n) is 24.0. The quantitative estimate of drug-likeness (QED) is 0.0885. The lowest BCUT2D eigenvalue weighted by Crippen LogP contribution is -2.70. The zero-order valence-corrected chi connectivity index (χ0v) is 24.0. The maximum Gasteiger partial charge on any atom is 0.460 e. The Hall–Kier alpha value is -1.35. The highest BCUT2D eigenvalue weighted by molar-refractivity contribution is 5.10. The normalized spacial score (nSPS) is 33.9. The maximum atomic E-state index is 14.0. The van der Waals surface area contributed by atoms with Crippen LogP contribution in [-0.2, 0) is 14.2 Å². The number of rotatable bonds is 15. The van der Waals surface area contributed by atoms with Crippen molar-refractivity contribution in [1.29, 1.82) is 0 Å². The Morgan fingerprint density at radius 3 is 1.62 bits per heavy atom. The molecule has 0 aromatic carbocycles. The summed E-state index contributed by atoms with van der Waals surface area (Å²) in [6.07, 6.45) is -34.1. The van der Waals surface area contributed by atoms with E-state index in [0.29, 0.717) is 0 Å². The minimum Gasteiger partial charge on any atom is -0.394 e. The van der Waals surface area contributed by atoms with Crippen LogP contribution in [0.2, 0.25) is 0 Å². The van der Waals surface area contributed by atoms with Gasteiger partial charge in [0.15, 0.2) is 12.6 Å². The van der Waals surface area contributed by atoms with E-state index in [2.05, 4.69) is 0 Å². The van der Waals surface area contributed by atoms with Gasteiger partial charge in [-0.2, -0.15) is 57.1 Å². The van der Waals surface area contributed by atoms with Crippen molar-refractivity contribution in [2.45, 2.75) is 142 Å². The van der Waals surface area contributed by atoms with Crippen LogP contribution < -0.4 is 0 Å². The molecule has 48 heavy (non-hydrogen) atoms. The van der Waals surface area contributed by atoms with Gasteiger partial charge in [0.2, 0.25) is 0 Å². The van der Waals surface area contributed by atoms with Crippen LogP contribution in [0, 0.1) is 0 Å². The van der Waals surface area contributed by atoms with Gasteiger partial charge in [-0.3, -0.25) is 0 Å². The van der Waals surface area contributed by atoms with Crippen LogP contribution in [0.25, 0.3) is 0 Å². The molecule has 286 valence electrons. The summed E-state index contributed by atoms with van der Waals surface area (Å²) in [4.78, 5) is 0. The molecule has 0 bridgehead atoms. The highest BCUT2D eigenvalue weighted by Gasteiger charge is 2.90. The van der Waals surface area contributed by atoms with Gasteiger partial charge in [-0.1, -0.05) is 19.3 Å². The molecule has 2 heterocycles.